The first-order chi connectivity index (χ1) is 11.3. The van der Waals surface area contributed by atoms with Crippen molar-refractivity contribution in [3.8, 4) is 5.75 Å². The number of aromatic carboxylic acids is 1. The minimum atomic E-state index is -1.16. The van der Waals surface area contributed by atoms with Crippen LogP contribution in [0.4, 0.5) is 0 Å². The molecule has 2 unspecified atom stereocenters. The number of carbonyl (C=O) groups is 2. The molecule has 2 rings (SSSR count). The summed E-state index contributed by atoms with van der Waals surface area (Å²) < 4.78 is 4.58. The summed E-state index contributed by atoms with van der Waals surface area (Å²) >= 11 is 0. The SMILES string of the molecule is COC(=O)CC(C)NCC(O)c1ccc(O)c2[nH]c(C(=O)O)cc12.Cl. The van der Waals surface area contributed by atoms with Crippen LogP contribution >= 0.6 is 12.4 Å². The Hall–Kier alpha value is -2.29. The zero-order chi connectivity index (χ0) is 17.9. The largest absolute Gasteiger partial charge is 0.506 e. The molecule has 8 nitrogen and oxygen atoms in total. The Labute approximate surface area is 150 Å². The van der Waals surface area contributed by atoms with Crippen molar-refractivity contribution in [2.75, 3.05) is 13.7 Å². The molecule has 1 aromatic heterocycles. The molecule has 25 heavy (non-hydrogen) atoms. The fourth-order valence-corrected chi connectivity index (χ4v) is 2.46. The molecule has 0 fully saturated rings. The van der Waals surface area contributed by atoms with Crippen molar-refractivity contribution in [2.45, 2.75) is 25.5 Å². The van der Waals surface area contributed by atoms with Gasteiger partial charge < -0.3 is 30.4 Å². The first kappa shape index (κ1) is 20.8. The second-order valence-corrected chi connectivity index (χ2v) is 5.56. The van der Waals surface area contributed by atoms with Gasteiger partial charge in [-0.15, -0.1) is 12.4 Å². The summed E-state index contributed by atoms with van der Waals surface area (Å²) in [4.78, 5) is 24.9. The number of aliphatic hydroxyl groups excluding tert-OH is 1. The van der Waals surface area contributed by atoms with Gasteiger partial charge in [-0.2, -0.15) is 0 Å². The number of aromatic nitrogens is 1. The number of rotatable bonds is 7. The first-order valence-corrected chi connectivity index (χ1v) is 7.39. The van der Waals surface area contributed by atoms with Gasteiger partial charge in [-0.05, 0) is 24.6 Å². The lowest BCUT2D eigenvalue weighted by Gasteiger charge is -2.17. The fraction of sp³-hybridized carbons (Fsp3) is 0.375. The van der Waals surface area contributed by atoms with Crippen molar-refractivity contribution >= 4 is 35.2 Å². The van der Waals surface area contributed by atoms with Gasteiger partial charge in [0.2, 0.25) is 0 Å². The zero-order valence-electron chi connectivity index (χ0n) is 13.8. The van der Waals surface area contributed by atoms with Gasteiger partial charge in [0.15, 0.2) is 0 Å². The van der Waals surface area contributed by atoms with Gasteiger partial charge >= 0.3 is 11.9 Å². The lowest BCUT2D eigenvalue weighted by molar-refractivity contribution is -0.141. The monoisotopic (exact) mass is 372 g/mol. The third-order valence-corrected chi connectivity index (χ3v) is 3.76. The smallest absolute Gasteiger partial charge is 0.352 e. The maximum Gasteiger partial charge on any atom is 0.352 e. The van der Waals surface area contributed by atoms with Gasteiger partial charge in [-0.25, -0.2) is 4.79 Å². The quantitative estimate of drug-likeness (QED) is 0.466. The number of aromatic hydroxyl groups is 1. The van der Waals surface area contributed by atoms with E-state index < -0.39 is 12.1 Å². The van der Waals surface area contributed by atoms with E-state index >= 15 is 0 Å². The Balaban J connectivity index is 0.00000312. The third kappa shape index (κ3) is 4.85. The number of H-pyrrole nitrogens is 1. The molecule has 0 aliphatic rings. The highest BCUT2D eigenvalue weighted by molar-refractivity contribution is 5.97. The molecule has 0 bridgehead atoms. The molecule has 0 radical (unpaired) electrons. The normalized spacial score (nSPS) is 13.1. The van der Waals surface area contributed by atoms with E-state index in [1.54, 1.807) is 6.92 Å². The molecule has 0 saturated carbocycles. The molecule has 2 atom stereocenters. The van der Waals surface area contributed by atoms with Crippen molar-refractivity contribution < 1.29 is 29.6 Å². The topological polar surface area (TPSA) is 132 Å². The highest BCUT2D eigenvalue weighted by Gasteiger charge is 2.18. The van der Waals surface area contributed by atoms with Crippen molar-refractivity contribution in [3.63, 3.8) is 0 Å². The Morgan fingerprint density at radius 2 is 2.04 bits per heavy atom. The number of hydrogen-bond acceptors (Lipinski definition) is 6. The van der Waals surface area contributed by atoms with Crippen LogP contribution in [-0.4, -0.2) is 51.9 Å². The van der Waals surface area contributed by atoms with Gasteiger partial charge in [0.25, 0.3) is 0 Å². The maximum atomic E-state index is 11.2. The number of methoxy groups -OCH3 is 1. The molecule has 5 N–H and O–H groups in total. The number of aliphatic hydroxyl groups is 1. The predicted octanol–water partition coefficient (Wildman–Crippen LogP) is 1.57. The number of benzene rings is 1. The minimum Gasteiger partial charge on any atom is -0.506 e. The van der Waals surface area contributed by atoms with Gasteiger partial charge in [-0.1, -0.05) is 6.07 Å². The van der Waals surface area contributed by atoms with E-state index in [9.17, 15) is 19.8 Å². The molecule has 9 heteroatoms. The number of halogens is 1. The van der Waals surface area contributed by atoms with Crippen LogP contribution in [0.25, 0.3) is 10.9 Å². The lowest BCUT2D eigenvalue weighted by Crippen LogP contribution is -2.32. The summed E-state index contributed by atoms with van der Waals surface area (Å²) in [5, 5.41) is 32.7. The average molecular weight is 373 g/mol. The van der Waals surface area contributed by atoms with Crippen LogP contribution in [0.1, 0.15) is 35.5 Å². The Kier molecular flexibility index (Phi) is 7.22. The van der Waals surface area contributed by atoms with Crippen molar-refractivity contribution in [1.82, 2.24) is 10.3 Å². The van der Waals surface area contributed by atoms with Crippen LogP contribution in [0.3, 0.4) is 0 Å². The highest BCUT2D eigenvalue weighted by atomic mass is 35.5. The number of aromatic amines is 1. The highest BCUT2D eigenvalue weighted by Crippen LogP contribution is 2.31. The van der Waals surface area contributed by atoms with E-state index in [-0.39, 0.29) is 54.3 Å². The number of ether oxygens (including phenoxy) is 1. The number of phenolic OH excluding ortho intramolecular Hbond substituents is 1. The molecule has 1 aromatic carbocycles. The Morgan fingerprint density at radius 1 is 1.36 bits per heavy atom. The van der Waals surface area contributed by atoms with Crippen LogP contribution < -0.4 is 5.32 Å². The summed E-state index contributed by atoms with van der Waals surface area (Å²) in [7, 11) is 1.31. The predicted molar refractivity (Wildman–Crippen MR) is 93.2 cm³/mol. The molecule has 0 aliphatic heterocycles. The summed E-state index contributed by atoms with van der Waals surface area (Å²) in [6.07, 6.45) is -0.771. The van der Waals surface area contributed by atoms with E-state index in [4.69, 9.17) is 5.11 Å². The number of phenols is 1. The van der Waals surface area contributed by atoms with E-state index in [2.05, 4.69) is 15.0 Å². The molecule has 0 aliphatic carbocycles. The summed E-state index contributed by atoms with van der Waals surface area (Å²) in [6.45, 7) is 1.94. The number of esters is 1. The molecule has 0 saturated heterocycles. The molecule has 138 valence electrons. The summed E-state index contributed by atoms with van der Waals surface area (Å²) in [5.74, 6) is -1.61. The van der Waals surface area contributed by atoms with Crippen LogP contribution in [-0.2, 0) is 9.53 Å². The Morgan fingerprint density at radius 3 is 2.64 bits per heavy atom. The third-order valence-electron chi connectivity index (χ3n) is 3.76. The van der Waals surface area contributed by atoms with E-state index in [1.807, 2.05) is 0 Å². The second kappa shape index (κ2) is 8.70. The molecule has 0 spiro atoms. The van der Waals surface area contributed by atoms with Crippen LogP contribution in [0, 0.1) is 0 Å². The molecular formula is C16H21ClN2O6. The number of carboxylic acids is 1. The van der Waals surface area contributed by atoms with E-state index in [0.717, 1.165) is 0 Å². The number of nitrogens with one attached hydrogen (secondary N) is 2. The molecular weight excluding hydrogens is 352 g/mol. The van der Waals surface area contributed by atoms with Crippen LogP contribution in [0.2, 0.25) is 0 Å². The van der Waals surface area contributed by atoms with Gasteiger partial charge in [-0.3, -0.25) is 4.79 Å². The molecule has 1 heterocycles. The lowest BCUT2D eigenvalue weighted by atomic mass is 10.0. The van der Waals surface area contributed by atoms with E-state index in [1.165, 1.54) is 25.3 Å². The Bertz CT molecular complexity index is 760. The number of carboxylic acid groups (broad SMARTS) is 1. The van der Waals surface area contributed by atoms with Gasteiger partial charge in [0.1, 0.15) is 11.4 Å². The number of fused-ring (bicyclic) bond motifs is 1. The minimum absolute atomic E-state index is 0. The standard InChI is InChI=1S/C16H20N2O6.ClH/c1-8(5-14(21)24-2)17-7-13(20)9-3-4-12(19)15-10(9)6-11(18-15)16(22)23;/h3-4,6,8,13,17-20H,5,7H2,1-2H3,(H,22,23);1H. The molecule has 2 aromatic rings. The maximum absolute atomic E-state index is 11.2. The average Bonchev–Trinajstić information content (AvgIpc) is 2.99. The van der Waals surface area contributed by atoms with Gasteiger partial charge in [0, 0.05) is 18.0 Å². The van der Waals surface area contributed by atoms with Crippen LogP contribution in [0.5, 0.6) is 5.75 Å². The van der Waals surface area contributed by atoms with Crippen LogP contribution in [0.15, 0.2) is 18.2 Å². The van der Waals surface area contributed by atoms with Crippen molar-refractivity contribution in [1.29, 1.82) is 0 Å². The fourth-order valence-electron chi connectivity index (χ4n) is 2.46. The summed E-state index contributed by atoms with van der Waals surface area (Å²) in [5.41, 5.74) is 0.655. The number of carbonyl (C=O) groups excluding carboxylic acids is 1. The molecule has 0 amide bonds. The van der Waals surface area contributed by atoms with Gasteiger partial charge in [0.05, 0.1) is 25.2 Å². The van der Waals surface area contributed by atoms with Crippen molar-refractivity contribution in [2.24, 2.45) is 0 Å². The summed E-state index contributed by atoms with van der Waals surface area (Å²) in [6, 6.07) is 4.10. The van der Waals surface area contributed by atoms with Crippen molar-refractivity contribution in [3.05, 3.63) is 29.5 Å². The zero-order valence-corrected chi connectivity index (χ0v) is 14.6. The number of hydrogen-bond donors (Lipinski definition) is 5. The first-order valence-electron chi connectivity index (χ1n) is 7.39. The van der Waals surface area contributed by atoms with E-state index in [0.29, 0.717) is 10.9 Å². The second-order valence-electron chi connectivity index (χ2n) is 5.56.